The van der Waals surface area contributed by atoms with E-state index in [4.69, 9.17) is 4.74 Å². The Labute approximate surface area is 143 Å². The van der Waals surface area contributed by atoms with Crippen LogP contribution in [0.5, 0.6) is 5.75 Å². The van der Waals surface area contributed by atoms with Crippen LogP contribution in [-0.4, -0.2) is 16.4 Å². The van der Waals surface area contributed by atoms with Gasteiger partial charge in [0.05, 0.1) is 16.9 Å². The fourth-order valence-electron chi connectivity index (χ4n) is 2.59. The molecule has 0 spiro atoms. The molecule has 3 aromatic rings. The molecule has 0 unspecified atom stereocenters. The van der Waals surface area contributed by atoms with Gasteiger partial charge in [-0.2, -0.15) is 4.37 Å². The molecule has 0 atom stereocenters. The zero-order chi connectivity index (χ0) is 17.3. The van der Waals surface area contributed by atoms with E-state index in [1.54, 1.807) is 25.4 Å². The van der Waals surface area contributed by atoms with Crippen molar-refractivity contribution in [1.29, 1.82) is 0 Å². The highest BCUT2D eigenvalue weighted by Crippen LogP contribution is 2.38. The van der Waals surface area contributed by atoms with E-state index in [0.29, 0.717) is 0 Å². The highest BCUT2D eigenvalue weighted by atomic mass is 32.1. The van der Waals surface area contributed by atoms with Crippen LogP contribution in [0.4, 0.5) is 5.69 Å². The van der Waals surface area contributed by atoms with E-state index >= 15 is 0 Å². The number of nitro benzene ring substituents is 1. The fraction of sp³-hybridized carbons (Fsp3) is 0.167. The van der Waals surface area contributed by atoms with E-state index in [0.717, 1.165) is 38.4 Å². The van der Waals surface area contributed by atoms with Crippen molar-refractivity contribution in [3.8, 4) is 27.3 Å². The largest absolute Gasteiger partial charge is 0.496 e. The van der Waals surface area contributed by atoms with Crippen LogP contribution in [0.1, 0.15) is 11.1 Å². The number of benzene rings is 2. The Hall–Kier alpha value is -2.73. The van der Waals surface area contributed by atoms with Gasteiger partial charge < -0.3 is 4.74 Å². The van der Waals surface area contributed by atoms with Crippen molar-refractivity contribution in [2.45, 2.75) is 13.8 Å². The number of nitro groups is 1. The molecule has 0 N–H and O–H groups in total. The van der Waals surface area contributed by atoms with Crippen LogP contribution in [0.2, 0.25) is 0 Å². The van der Waals surface area contributed by atoms with Crippen molar-refractivity contribution in [3.05, 3.63) is 63.8 Å². The van der Waals surface area contributed by atoms with Crippen LogP contribution in [0.25, 0.3) is 21.6 Å². The zero-order valence-corrected chi connectivity index (χ0v) is 14.4. The summed E-state index contributed by atoms with van der Waals surface area (Å²) in [5.41, 5.74) is 5.24. The molecular formula is C18H16N2O3S. The summed E-state index contributed by atoms with van der Waals surface area (Å²) in [4.78, 5) is 11.4. The van der Waals surface area contributed by atoms with Crippen LogP contribution in [0.15, 0.2) is 42.6 Å². The second-order valence-electron chi connectivity index (χ2n) is 5.49. The van der Waals surface area contributed by atoms with Gasteiger partial charge in [-0.15, -0.1) is 0 Å². The molecule has 1 aromatic heterocycles. The number of methoxy groups -OCH3 is 1. The van der Waals surface area contributed by atoms with Gasteiger partial charge in [0.15, 0.2) is 0 Å². The summed E-state index contributed by atoms with van der Waals surface area (Å²) < 4.78 is 9.77. The van der Waals surface area contributed by atoms with Crippen LogP contribution in [-0.2, 0) is 0 Å². The molecule has 0 saturated heterocycles. The van der Waals surface area contributed by atoms with E-state index in [-0.39, 0.29) is 5.69 Å². The second-order valence-corrected chi connectivity index (χ2v) is 6.29. The lowest BCUT2D eigenvalue weighted by Gasteiger charge is -2.11. The summed E-state index contributed by atoms with van der Waals surface area (Å²) in [6, 6.07) is 10.6. The molecule has 0 saturated carbocycles. The van der Waals surface area contributed by atoms with Gasteiger partial charge in [0.2, 0.25) is 0 Å². The molecule has 122 valence electrons. The van der Waals surface area contributed by atoms with E-state index in [1.165, 1.54) is 23.7 Å². The Morgan fingerprint density at radius 3 is 2.46 bits per heavy atom. The standard InChI is InChI=1S/C18H16N2O3S/c1-11-8-14(9-17(23-3)12(11)2)18-16(10-19-24-18)13-4-6-15(7-5-13)20(21)22/h4-10H,1-3H3. The number of aromatic nitrogens is 1. The predicted octanol–water partition coefficient (Wildman–Crippen LogP) is 5.01. The maximum absolute atomic E-state index is 10.8. The Balaban J connectivity index is 2.08. The monoisotopic (exact) mass is 340 g/mol. The Morgan fingerprint density at radius 2 is 1.83 bits per heavy atom. The minimum atomic E-state index is -0.398. The maximum atomic E-state index is 10.8. The molecule has 3 rings (SSSR count). The molecule has 2 aromatic carbocycles. The summed E-state index contributed by atoms with van der Waals surface area (Å²) in [5, 5.41) is 10.8. The summed E-state index contributed by atoms with van der Waals surface area (Å²) in [6.45, 7) is 4.08. The van der Waals surface area contributed by atoms with E-state index in [2.05, 4.69) is 10.4 Å². The Kier molecular flexibility index (Phi) is 4.31. The SMILES string of the molecule is COc1cc(-c2sncc2-c2ccc([N+](=O)[O-])cc2)cc(C)c1C. The number of hydrogen-bond acceptors (Lipinski definition) is 5. The first kappa shape index (κ1) is 16.1. The van der Waals surface area contributed by atoms with Gasteiger partial charge in [0, 0.05) is 23.9 Å². The van der Waals surface area contributed by atoms with Crippen molar-refractivity contribution in [2.75, 3.05) is 7.11 Å². The maximum Gasteiger partial charge on any atom is 0.269 e. The summed E-state index contributed by atoms with van der Waals surface area (Å²) in [6.07, 6.45) is 1.79. The van der Waals surface area contributed by atoms with Crippen LogP contribution >= 0.6 is 11.5 Å². The average Bonchev–Trinajstić information content (AvgIpc) is 3.07. The Bertz CT molecular complexity index is 901. The van der Waals surface area contributed by atoms with Gasteiger partial charge >= 0.3 is 0 Å². The molecule has 0 radical (unpaired) electrons. The van der Waals surface area contributed by atoms with E-state index in [1.807, 2.05) is 19.9 Å². The second kappa shape index (κ2) is 6.41. The lowest BCUT2D eigenvalue weighted by atomic mass is 9.99. The average molecular weight is 340 g/mol. The van der Waals surface area contributed by atoms with Crippen molar-refractivity contribution < 1.29 is 9.66 Å². The smallest absolute Gasteiger partial charge is 0.269 e. The lowest BCUT2D eigenvalue weighted by Crippen LogP contribution is -1.92. The number of rotatable bonds is 4. The highest BCUT2D eigenvalue weighted by Gasteiger charge is 2.14. The molecular weight excluding hydrogens is 324 g/mol. The molecule has 0 fully saturated rings. The zero-order valence-electron chi connectivity index (χ0n) is 13.6. The van der Waals surface area contributed by atoms with Crippen molar-refractivity contribution in [1.82, 2.24) is 4.37 Å². The molecule has 0 aliphatic carbocycles. The third kappa shape index (κ3) is 2.88. The minimum absolute atomic E-state index is 0.0799. The molecule has 0 aliphatic heterocycles. The predicted molar refractivity (Wildman–Crippen MR) is 95.7 cm³/mol. The first-order chi connectivity index (χ1) is 11.5. The summed E-state index contributed by atoms with van der Waals surface area (Å²) in [7, 11) is 1.66. The molecule has 0 bridgehead atoms. The quantitative estimate of drug-likeness (QED) is 0.494. The van der Waals surface area contributed by atoms with Crippen molar-refractivity contribution in [2.24, 2.45) is 0 Å². The molecule has 0 aliphatic rings. The lowest BCUT2D eigenvalue weighted by molar-refractivity contribution is -0.384. The third-order valence-corrected chi connectivity index (χ3v) is 4.91. The molecule has 0 amide bonds. The van der Waals surface area contributed by atoms with Gasteiger partial charge in [-0.25, -0.2) is 0 Å². The number of hydrogen-bond donors (Lipinski definition) is 0. The fourth-order valence-corrected chi connectivity index (χ4v) is 3.34. The first-order valence-electron chi connectivity index (χ1n) is 7.36. The van der Waals surface area contributed by atoms with Crippen molar-refractivity contribution >= 4 is 17.2 Å². The van der Waals surface area contributed by atoms with Gasteiger partial charge in [0.25, 0.3) is 5.69 Å². The van der Waals surface area contributed by atoms with Crippen LogP contribution < -0.4 is 4.74 Å². The number of aryl methyl sites for hydroxylation is 1. The van der Waals surface area contributed by atoms with E-state index in [9.17, 15) is 10.1 Å². The van der Waals surface area contributed by atoms with Gasteiger partial charge in [-0.3, -0.25) is 10.1 Å². The van der Waals surface area contributed by atoms with E-state index < -0.39 is 4.92 Å². The van der Waals surface area contributed by atoms with Gasteiger partial charge in [-0.1, -0.05) is 6.07 Å². The summed E-state index contributed by atoms with van der Waals surface area (Å²) in [5.74, 6) is 0.841. The third-order valence-electron chi connectivity index (χ3n) is 4.06. The number of ether oxygens (including phenoxy) is 1. The molecule has 6 heteroatoms. The van der Waals surface area contributed by atoms with Gasteiger partial charge in [0.1, 0.15) is 5.75 Å². The summed E-state index contributed by atoms with van der Waals surface area (Å²) >= 11 is 1.40. The topological polar surface area (TPSA) is 65.3 Å². The molecule has 24 heavy (non-hydrogen) atoms. The normalized spacial score (nSPS) is 10.6. The minimum Gasteiger partial charge on any atom is -0.496 e. The number of nitrogens with zero attached hydrogens (tertiary/aromatic N) is 2. The van der Waals surface area contributed by atoms with Crippen LogP contribution in [0, 0.1) is 24.0 Å². The molecule has 1 heterocycles. The van der Waals surface area contributed by atoms with Crippen LogP contribution in [0.3, 0.4) is 0 Å². The first-order valence-corrected chi connectivity index (χ1v) is 8.13. The van der Waals surface area contributed by atoms with Gasteiger partial charge in [-0.05, 0) is 65.8 Å². The molecule has 5 nitrogen and oxygen atoms in total. The highest BCUT2D eigenvalue weighted by molar-refractivity contribution is 7.10. The number of non-ortho nitro benzene ring substituents is 1. The Morgan fingerprint density at radius 1 is 1.12 bits per heavy atom. The van der Waals surface area contributed by atoms with Crippen molar-refractivity contribution in [3.63, 3.8) is 0 Å².